The molecule has 0 bridgehead atoms. The smallest absolute Gasteiger partial charge is 0.271 e. The van der Waals surface area contributed by atoms with Gasteiger partial charge in [-0.15, -0.1) is 0 Å². The highest BCUT2D eigenvalue weighted by Crippen LogP contribution is 2.42. The van der Waals surface area contributed by atoms with Crippen LogP contribution in [0, 0.1) is 4.91 Å². The summed E-state index contributed by atoms with van der Waals surface area (Å²) >= 11 is 4.63. The molecule has 1 heterocycles. The van der Waals surface area contributed by atoms with Gasteiger partial charge in [0.15, 0.2) is 0 Å². The van der Waals surface area contributed by atoms with E-state index in [-0.39, 0.29) is 11.3 Å². The van der Waals surface area contributed by atoms with Crippen molar-refractivity contribution in [2.45, 2.75) is 16.7 Å². The van der Waals surface area contributed by atoms with Crippen molar-refractivity contribution >= 4 is 39.3 Å². The van der Waals surface area contributed by atoms with Crippen LogP contribution in [0.1, 0.15) is 6.42 Å². The standard InChI is InChI=1S/C11H11BrN2O2S/c12-7-10(15)13-6-5-11-14(16)8-3-1-2-4-9(8)17-11/h1-4,11H,5-7H2/p+1. The summed E-state index contributed by atoms with van der Waals surface area (Å²) < 4.78 is 1.03. The summed E-state index contributed by atoms with van der Waals surface area (Å²) in [5.41, 5.74) is 0.731. The minimum atomic E-state index is -0.136. The van der Waals surface area contributed by atoms with Crippen LogP contribution < -0.4 is 5.32 Å². The zero-order valence-corrected chi connectivity index (χ0v) is 11.5. The Morgan fingerprint density at radius 1 is 1.47 bits per heavy atom. The van der Waals surface area contributed by atoms with E-state index in [0.29, 0.717) is 18.3 Å². The van der Waals surface area contributed by atoms with Gasteiger partial charge in [0, 0.05) is 23.9 Å². The van der Waals surface area contributed by atoms with Crippen molar-refractivity contribution in [1.82, 2.24) is 5.32 Å². The number of hydrogen-bond acceptors (Lipinski definition) is 3. The van der Waals surface area contributed by atoms with Gasteiger partial charge in [0.2, 0.25) is 5.91 Å². The van der Waals surface area contributed by atoms with Gasteiger partial charge in [-0.25, -0.2) is 0 Å². The molecule has 1 aromatic rings. The van der Waals surface area contributed by atoms with Gasteiger partial charge in [-0.05, 0) is 17.8 Å². The molecule has 2 rings (SSSR count). The number of carbonyl (C=O) groups excluding carboxylic acids is 1. The van der Waals surface area contributed by atoms with E-state index in [9.17, 15) is 9.70 Å². The molecule has 1 atom stereocenters. The maximum absolute atomic E-state index is 11.9. The van der Waals surface area contributed by atoms with Crippen LogP contribution in [0.3, 0.4) is 0 Å². The van der Waals surface area contributed by atoms with E-state index in [1.165, 1.54) is 0 Å². The van der Waals surface area contributed by atoms with Crippen LogP contribution in [0.5, 0.6) is 0 Å². The predicted octanol–water partition coefficient (Wildman–Crippen LogP) is 2.43. The molecule has 17 heavy (non-hydrogen) atoms. The Kier molecular flexibility index (Phi) is 4.17. The number of hydrogen-bond donors (Lipinski definition) is 1. The Balaban J connectivity index is 1.90. The normalized spacial score (nSPS) is 17.9. The summed E-state index contributed by atoms with van der Waals surface area (Å²) in [4.78, 5) is 24.0. The highest BCUT2D eigenvalue weighted by molar-refractivity contribution is 9.09. The first-order chi connectivity index (χ1) is 8.22. The average molecular weight is 316 g/mol. The maximum Gasteiger partial charge on any atom is 0.271 e. The van der Waals surface area contributed by atoms with E-state index in [1.54, 1.807) is 11.8 Å². The number of carbonyl (C=O) groups is 1. The maximum atomic E-state index is 11.9. The van der Waals surface area contributed by atoms with E-state index in [1.807, 2.05) is 24.3 Å². The molecule has 0 aliphatic carbocycles. The van der Waals surface area contributed by atoms with Gasteiger partial charge in [-0.1, -0.05) is 28.1 Å². The zero-order valence-electron chi connectivity index (χ0n) is 9.06. The number of para-hydroxylation sites is 1. The van der Waals surface area contributed by atoms with Gasteiger partial charge in [0.25, 0.3) is 11.1 Å². The first-order valence-corrected chi connectivity index (χ1v) is 7.27. The molecule has 0 radical (unpaired) electrons. The van der Waals surface area contributed by atoms with Gasteiger partial charge in [0.05, 0.1) is 15.0 Å². The lowest BCUT2D eigenvalue weighted by atomic mass is 10.3. The van der Waals surface area contributed by atoms with Crippen molar-refractivity contribution < 1.29 is 9.55 Å². The van der Waals surface area contributed by atoms with Crippen molar-refractivity contribution in [3.8, 4) is 0 Å². The fourth-order valence-electron chi connectivity index (χ4n) is 1.65. The lowest BCUT2D eigenvalue weighted by molar-refractivity contribution is -0.476. The lowest BCUT2D eigenvalue weighted by Gasteiger charge is -2.02. The molecule has 0 fully saturated rings. The molecular formula is C11H12BrN2O2S+. The summed E-state index contributed by atoms with van der Waals surface area (Å²) in [5.74, 6) is -0.0528. The molecule has 1 aromatic carbocycles. The van der Waals surface area contributed by atoms with Gasteiger partial charge in [0.1, 0.15) is 0 Å². The minimum Gasteiger partial charge on any atom is -0.355 e. The van der Waals surface area contributed by atoms with Crippen molar-refractivity contribution in [1.29, 1.82) is 0 Å². The van der Waals surface area contributed by atoms with Crippen LogP contribution in [0.2, 0.25) is 0 Å². The Hall–Kier alpha value is -0.880. The van der Waals surface area contributed by atoms with E-state index in [4.69, 9.17) is 0 Å². The van der Waals surface area contributed by atoms with E-state index >= 15 is 0 Å². The zero-order chi connectivity index (χ0) is 12.3. The summed E-state index contributed by atoms with van der Waals surface area (Å²) in [7, 11) is 0. The quantitative estimate of drug-likeness (QED) is 0.685. The van der Waals surface area contributed by atoms with Crippen LogP contribution in [0.25, 0.3) is 0 Å². The number of rotatable bonds is 4. The van der Waals surface area contributed by atoms with Gasteiger partial charge in [-0.2, -0.15) is 0 Å². The number of halogens is 1. The number of benzene rings is 1. The first kappa shape index (κ1) is 12.6. The first-order valence-electron chi connectivity index (χ1n) is 5.27. The fraction of sp³-hybridized carbons (Fsp3) is 0.364. The van der Waals surface area contributed by atoms with Crippen molar-refractivity contribution in [2.75, 3.05) is 11.9 Å². The monoisotopic (exact) mass is 315 g/mol. The topological polar surface area (TPSA) is 49.2 Å². The molecule has 1 aliphatic rings. The van der Waals surface area contributed by atoms with E-state index < -0.39 is 0 Å². The van der Waals surface area contributed by atoms with E-state index in [2.05, 4.69) is 21.2 Å². The molecule has 0 saturated heterocycles. The number of nitrogens with one attached hydrogen (secondary N) is 1. The molecular weight excluding hydrogens is 304 g/mol. The summed E-state index contributed by atoms with van der Waals surface area (Å²) in [5, 5.41) is 2.90. The molecule has 1 unspecified atom stereocenters. The minimum absolute atomic E-state index is 0.0528. The van der Waals surface area contributed by atoms with E-state index in [0.717, 1.165) is 15.3 Å². The van der Waals surface area contributed by atoms with Crippen LogP contribution in [-0.2, 0) is 4.79 Å². The summed E-state index contributed by atoms with van der Waals surface area (Å²) in [6.07, 6.45) is 0.640. The van der Waals surface area contributed by atoms with Crippen molar-refractivity contribution in [3.63, 3.8) is 0 Å². The number of alkyl halides is 1. The van der Waals surface area contributed by atoms with Gasteiger partial charge >= 0.3 is 0 Å². The Morgan fingerprint density at radius 3 is 2.94 bits per heavy atom. The summed E-state index contributed by atoms with van der Waals surface area (Å²) in [6.45, 7) is 0.523. The molecule has 4 nitrogen and oxygen atoms in total. The van der Waals surface area contributed by atoms with Crippen LogP contribution >= 0.6 is 27.7 Å². The van der Waals surface area contributed by atoms with Crippen molar-refractivity contribution in [3.05, 3.63) is 29.2 Å². The second-order valence-electron chi connectivity index (χ2n) is 3.64. The summed E-state index contributed by atoms with van der Waals surface area (Å²) in [6, 6.07) is 7.56. The van der Waals surface area contributed by atoms with Gasteiger partial charge < -0.3 is 5.32 Å². The molecule has 0 aromatic heterocycles. The average Bonchev–Trinajstić information content (AvgIpc) is 2.67. The molecule has 6 heteroatoms. The van der Waals surface area contributed by atoms with Gasteiger partial charge in [-0.3, -0.25) is 4.79 Å². The molecule has 0 saturated carbocycles. The second-order valence-corrected chi connectivity index (χ2v) is 5.42. The number of nitroso groups, excluding NO2 is 1. The molecule has 1 amide bonds. The Morgan fingerprint density at radius 2 is 2.24 bits per heavy atom. The SMILES string of the molecule is O=C(CBr)NCCC1Sc2ccccc2[N+]1=O. The second kappa shape index (κ2) is 5.64. The van der Waals surface area contributed by atoms with Crippen LogP contribution in [-0.4, -0.2) is 27.9 Å². The highest BCUT2D eigenvalue weighted by Gasteiger charge is 2.38. The largest absolute Gasteiger partial charge is 0.355 e. The number of amides is 1. The third-order valence-corrected chi connectivity index (χ3v) is 4.27. The predicted molar refractivity (Wildman–Crippen MR) is 70.8 cm³/mol. The Bertz CT molecular complexity index is 453. The molecule has 0 spiro atoms. The molecule has 1 N–H and O–H groups in total. The van der Waals surface area contributed by atoms with Crippen LogP contribution in [0.4, 0.5) is 5.69 Å². The van der Waals surface area contributed by atoms with Crippen LogP contribution in [0.15, 0.2) is 29.2 Å². The molecule has 1 aliphatic heterocycles. The van der Waals surface area contributed by atoms with Crippen molar-refractivity contribution in [2.24, 2.45) is 0 Å². The number of fused-ring (bicyclic) bond motifs is 1. The molecule has 90 valence electrons. The number of nitrogens with zero attached hydrogens (tertiary/aromatic N) is 1. The number of thioether (sulfide) groups is 1. The third kappa shape index (κ3) is 2.87. The Labute approximate surface area is 112 Å². The third-order valence-electron chi connectivity index (χ3n) is 2.46. The fourth-order valence-corrected chi connectivity index (χ4v) is 3.02. The highest BCUT2D eigenvalue weighted by atomic mass is 79.9. The lowest BCUT2D eigenvalue weighted by Crippen LogP contribution is -2.28.